The fraction of sp³-hybridized carbons (Fsp3) is 0.200. The van der Waals surface area contributed by atoms with Crippen molar-refractivity contribution in [1.82, 2.24) is 0 Å². The Morgan fingerprint density at radius 2 is 1.68 bits per heavy atom. The van der Waals surface area contributed by atoms with Crippen LogP contribution in [0.3, 0.4) is 0 Å². The van der Waals surface area contributed by atoms with E-state index in [1.165, 1.54) is 7.11 Å². The molecule has 0 heterocycles. The molecule has 4 heteroatoms. The van der Waals surface area contributed by atoms with Crippen LogP contribution >= 0.6 is 0 Å². The highest BCUT2D eigenvalue weighted by Crippen LogP contribution is 2.33. The van der Waals surface area contributed by atoms with Gasteiger partial charge in [0, 0.05) is 18.2 Å². The Morgan fingerprint density at radius 3 is 2.21 bits per heavy atom. The first-order chi connectivity index (χ1) is 9.04. The fourth-order valence-electron chi connectivity index (χ4n) is 2.05. The van der Waals surface area contributed by atoms with Gasteiger partial charge in [-0.2, -0.15) is 0 Å². The van der Waals surface area contributed by atoms with E-state index >= 15 is 0 Å². The molecule has 100 valence electrons. The molecule has 1 atom stereocenters. The largest absolute Gasteiger partial charge is 0.497 e. The molecule has 1 unspecified atom stereocenters. The van der Waals surface area contributed by atoms with Gasteiger partial charge >= 0.3 is 0 Å². The minimum atomic E-state index is -0.662. The standard InChI is InChI=1S/C15H15F2NO/c1-9(18)11-5-3-4-6-12(11)15-13(16)7-10(19-2)8-14(15)17/h3-9H,18H2,1-2H3. The van der Waals surface area contributed by atoms with Crippen LogP contribution in [0.25, 0.3) is 11.1 Å². The number of benzene rings is 2. The van der Waals surface area contributed by atoms with Crippen LogP contribution in [0.4, 0.5) is 8.78 Å². The Hall–Kier alpha value is -1.94. The third kappa shape index (κ3) is 2.58. The second kappa shape index (κ2) is 5.36. The van der Waals surface area contributed by atoms with E-state index < -0.39 is 11.6 Å². The van der Waals surface area contributed by atoms with Crippen molar-refractivity contribution >= 4 is 0 Å². The Bertz CT molecular complexity index is 573. The number of rotatable bonds is 3. The number of hydrogen-bond acceptors (Lipinski definition) is 2. The molecule has 0 spiro atoms. The number of halogens is 2. The third-order valence-corrected chi connectivity index (χ3v) is 2.97. The van der Waals surface area contributed by atoms with Crippen LogP contribution in [-0.4, -0.2) is 7.11 Å². The lowest BCUT2D eigenvalue weighted by Gasteiger charge is -2.14. The van der Waals surface area contributed by atoms with E-state index in [1.807, 2.05) is 0 Å². The molecule has 2 N–H and O–H groups in total. The van der Waals surface area contributed by atoms with Crippen LogP contribution in [0.5, 0.6) is 5.75 Å². The lowest BCUT2D eigenvalue weighted by atomic mass is 9.95. The Balaban J connectivity index is 2.66. The molecule has 0 aliphatic carbocycles. The summed E-state index contributed by atoms with van der Waals surface area (Å²) in [5.41, 5.74) is 6.93. The summed E-state index contributed by atoms with van der Waals surface area (Å²) in [6.45, 7) is 1.78. The maximum atomic E-state index is 14.1. The van der Waals surface area contributed by atoms with Gasteiger partial charge in [-0.25, -0.2) is 8.78 Å². The topological polar surface area (TPSA) is 35.2 Å². The average Bonchev–Trinajstić information content (AvgIpc) is 2.38. The highest BCUT2D eigenvalue weighted by molar-refractivity contribution is 5.70. The van der Waals surface area contributed by atoms with Gasteiger partial charge in [0.2, 0.25) is 0 Å². The lowest BCUT2D eigenvalue weighted by Crippen LogP contribution is -2.07. The fourth-order valence-corrected chi connectivity index (χ4v) is 2.05. The van der Waals surface area contributed by atoms with Crippen molar-refractivity contribution in [3.63, 3.8) is 0 Å². The summed E-state index contributed by atoms with van der Waals surface area (Å²) in [5.74, 6) is -1.17. The first-order valence-electron chi connectivity index (χ1n) is 5.92. The molecule has 0 saturated heterocycles. The summed E-state index contributed by atoms with van der Waals surface area (Å²) in [6, 6.07) is 8.96. The molecule has 0 fully saturated rings. The molecule has 0 amide bonds. The summed E-state index contributed by atoms with van der Waals surface area (Å²) in [6.07, 6.45) is 0. The monoisotopic (exact) mass is 263 g/mol. The molecule has 2 aromatic rings. The van der Waals surface area contributed by atoms with Crippen LogP contribution in [0, 0.1) is 11.6 Å². The predicted molar refractivity (Wildman–Crippen MR) is 70.9 cm³/mol. The molecule has 0 aromatic heterocycles. The highest BCUT2D eigenvalue weighted by Gasteiger charge is 2.17. The van der Waals surface area contributed by atoms with E-state index in [0.29, 0.717) is 11.1 Å². The van der Waals surface area contributed by atoms with Crippen molar-refractivity contribution in [2.45, 2.75) is 13.0 Å². The minimum absolute atomic E-state index is 0.0753. The summed E-state index contributed by atoms with van der Waals surface area (Å²) >= 11 is 0. The molecule has 0 aliphatic heterocycles. The predicted octanol–water partition coefficient (Wildman–Crippen LogP) is 3.66. The van der Waals surface area contributed by atoms with Crippen LogP contribution in [0.2, 0.25) is 0 Å². The van der Waals surface area contributed by atoms with Crippen LogP contribution in [-0.2, 0) is 0 Å². The van der Waals surface area contributed by atoms with Gasteiger partial charge in [-0.05, 0) is 18.1 Å². The van der Waals surface area contributed by atoms with Crippen LogP contribution in [0.1, 0.15) is 18.5 Å². The summed E-state index contributed by atoms with van der Waals surface area (Å²) in [5, 5.41) is 0. The molecule has 2 rings (SSSR count). The summed E-state index contributed by atoms with van der Waals surface area (Å²) < 4.78 is 33.0. The molecule has 0 radical (unpaired) electrons. The number of hydrogen-bond donors (Lipinski definition) is 1. The second-order valence-corrected chi connectivity index (χ2v) is 4.34. The van der Waals surface area contributed by atoms with Gasteiger partial charge in [-0.3, -0.25) is 0 Å². The molecule has 2 nitrogen and oxygen atoms in total. The maximum Gasteiger partial charge on any atom is 0.137 e. The van der Waals surface area contributed by atoms with Crippen molar-refractivity contribution in [2.75, 3.05) is 7.11 Å². The van der Waals surface area contributed by atoms with Crippen LogP contribution < -0.4 is 10.5 Å². The number of nitrogens with two attached hydrogens (primary N) is 1. The van der Waals surface area contributed by atoms with E-state index in [-0.39, 0.29) is 17.4 Å². The second-order valence-electron chi connectivity index (χ2n) is 4.34. The zero-order chi connectivity index (χ0) is 14.0. The molecule has 0 bridgehead atoms. The molecular formula is C15H15F2NO. The quantitative estimate of drug-likeness (QED) is 0.917. The Kier molecular flexibility index (Phi) is 3.81. The zero-order valence-electron chi connectivity index (χ0n) is 10.8. The number of ether oxygens (including phenoxy) is 1. The average molecular weight is 263 g/mol. The van der Waals surface area contributed by atoms with Gasteiger partial charge in [0.05, 0.1) is 12.7 Å². The Labute approximate surface area is 110 Å². The normalized spacial score (nSPS) is 12.3. The van der Waals surface area contributed by atoms with Crippen molar-refractivity contribution in [2.24, 2.45) is 5.73 Å². The van der Waals surface area contributed by atoms with Gasteiger partial charge < -0.3 is 10.5 Å². The minimum Gasteiger partial charge on any atom is -0.497 e. The SMILES string of the molecule is COc1cc(F)c(-c2ccccc2C(C)N)c(F)c1. The molecule has 0 saturated carbocycles. The van der Waals surface area contributed by atoms with E-state index in [1.54, 1.807) is 31.2 Å². The van der Waals surface area contributed by atoms with Gasteiger partial charge in [0.1, 0.15) is 17.4 Å². The van der Waals surface area contributed by atoms with Gasteiger partial charge in [-0.15, -0.1) is 0 Å². The third-order valence-electron chi connectivity index (χ3n) is 2.97. The van der Waals surface area contributed by atoms with E-state index in [2.05, 4.69) is 0 Å². The molecule has 2 aromatic carbocycles. The highest BCUT2D eigenvalue weighted by atomic mass is 19.1. The number of methoxy groups -OCH3 is 1. The first kappa shape index (κ1) is 13.5. The van der Waals surface area contributed by atoms with Gasteiger partial charge in [-0.1, -0.05) is 24.3 Å². The van der Waals surface area contributed by atoms with E-state index in [9.17, 15) is 8.78 Å². The van der Waals surface area contributed by atoms with Gasteiger partial charge in [0.15, 0.2) is 0 Å². The molecule has 0 aliphatic rings. The maximum absolute atomic E-state index is 14.1. The summed E-state index contributed by atoms with van der Waals surface area (Å²) in [7, 11) is 1.36. The van der Waals surface area contributed by atoms with Crippen LogP contribution in [0.15, 0.2) is 36.4 Å². The smallest absolute Gasteiger partial charge is 0.137 e. The van der Waals surface area contributed by atoms with Gasteiger partial charge in [0.25, 0.3) is 0 Å². The lowest BCUT2D eigenvalue weighted by molar-refractivity contribution is 0.407. The summed E-state index contributed by atoms with van der Waals surface area (Å²) in [4.78, 5) is 0. The van der Waals surface area contributed by atoms with E-state index in [0.717, 1.165) is 12.1 Å². The van der Waals surface area contributed by atoms with Crippen molar-refractivity contribution in [3.8, 4) is 16.9 Å². The van der Waals surface area contributed by atoms with E-state index in [4.69, 9.17) is 10.5 Å². The molecule has 19 heavy (non-hydrogen) atoms. The first-order valence-corrected chi connectivity index (χ1v) is 5.92. The van der Waals surface area contributed by atoms with Crippen molar-refractivity contribution in [1.29, 1.82) is 0 Å². The Morgan fingerprint density at radius 1 is 1.11 bits per heavy atom. The molecular weight excluding hydrogens is 248 g/mol. The zero-order valence-corrected chi connectivity index (χ0v) is 10.8. The van der Waals surface area contributed by atoms with Crippen molar-refractivity contribution in [3.05, 3.63) is 53.6 Å². The van der Waals surface area contributed by atoms with Crippen molar-refractivity contribution < 1.29 is 13.5 Å².